The Morgan fingerprint density at radius 1 is 1.47 bits per heavy atom. The first-order chi connectivity index (χ1) is 8.13. The van der Waals surface area contributed by atoms with Gasteiger partial charge in [0.05, 0.1) is 12.3 Å². The molecule has 0 aromatic carbocycles. The van der Waals surface area contributed by atoms with Gasteiger partial charge in [-0.2, -0.15) is 0 Å². The highest BCUT2D eigenvalue weighted by Gasteiger charge is 2.31. The van der Waals surface area contributed by atoms with E-state index in [9.17, 15) is 9.59 Å². The highest BCUT2D eigenvalue weighted by Crippen LogP contribution is 2.19. The van der Waals surface area contributed by atoms with Crippen molar-refractivity contribution >= 4 is 11.9 Å². The van der Waals surface area contributed by atoms with Crippen molar-refractivity contribution in [2.75, 3.05) is 0 Å². The molecule has 3 nitrogen and oxygen atoms in total. The molecular weight excluding hydrogens is 216 g/mol. The summed E-state index contributed by atoms with van der Waals surface area (Å²) < 4.78 is 4.46. The SMILES string of the molecule is CCC(C)=C=CC/C=C/CC1CC(=O)OC1=O. The van der Waals surface area contributed by atoms with Gasteiger partial charge in [-0.15, -0.1) is 5.73 Å². The molecule has 0 aliphatic carbocycles. The molecule has 1 fully saturated rings. The monoisotopic (exact) mass is 234 g/mol. The van der Waals surface area contributed by atoms with Gasteiger partial charge in [0.25, 0.3) is 0 Å². The van der Waals surface area contributed by atoms with Gasteiger partial charge in [0.1, 0.15) is 0 Å². The molecule has 0 N–H and O–H groups in total. The second-order valence-electron chi connectivity index (χ2n) is 4.12. The molecule has 1 atom stereocenters. The lowest BCUT2D eigenvalue weighted by Crippen LogP contribution is -2.05. The predicted molar refractivity (Wildman–Crippen MR) is 65.1 cm³/mol. The average molecular weight is 234 g/mol. The zero-order chi connectivity index (χ0) is 12.7. The Kier molecular flexibility index (Phi) is 5.44. The van der Waals surface area contributed by atoms with Crippen LogP contribution in [0.1, 0.15) is 39.5 Å². The molecule has 1 aliphatic heterocycles. The molecule has 3 heteroatoms. The van der Waals surface area contributed by atoms with Crippen molar-refractivity contribution < 1.29 is 14.3 Å². The van der Waals surface area contributed by atoms with E-state index in [1.54, 1.807) is 0 Å². The van der Waals surface area contributed by atoms with Gasteiger partial charge in [-0.1, -0.05) is 19.1 Å². The van der Waals surface area contributed by atoms with E-state index in [1.807, 2.05) is 25.2 Å². The van der Waals surface area contributed by atoms with E-state index in [2.05, 4.69) is 17.4 Å². The number of carbonyl (C=O) groups excluding carboxylic acids is 2. The van der Waals surface area contributed by atoms with Crippen LogP contribution in [0.2, 0.25) is 0 Å². The number of hydrogen-bond acceptors (Lipinski definition) is 3. The average Bonchev–Trinajstić information content (AvgIpc) is 2.62. The van der Waals surface area contributed by atoms with Crippen molar-refractivity contribution in [3.8, 4) is 0 Å². The first-order valence-electron chi connectivity index (χ1n) is 5.93. The minimum absolute atomic E-state index is 0.216. The maximum Gasteiger partial charge on any atom is 0.317 e. The van der Waals surface area contributed by atoms with Gasteiger partial charge in [0.2, 0.25) is 0 Å². The van der Waals surface area contributed by atoms with E-state index in [-0.39, 0.29) is 12.3 Å². The Morgan fingerprint density at radius 2 is 2.24 bits per heavy atom. The van der Waals surface area contributed by atoms with Gasteiger partial charge in [-0.25, -0.2) is 0 Å². The molecule has 1 heterocycles. The Morgan fingerprint density at radius 3 is 2.82 bits per heavy atom. The molecule has 0 bridgehead atoms. The number of esters is 2. The fourth-order valence-corrected chi connectivity index (χ4v) is 1.46. The zero-order valence-electron chi connectivity index (χ0n) is 10.4. The van der Waals surface area contributed by atoms with Crippen LogP contribution in [0.25, 0.3) is 0 Å². The molecule has 0 radical (unpaired) electrons. The Bertz CT molecular complexity index is 384. The van der Waals surface area contributed by atoms with Crippen molar-refractivity contribution in [2.45, 2.75) is 39.5 Å². The summed E-state index contributed by atoms with van der Waals surface area (Å²) in [6, 6.07) is 0. The van der Waals surface area contributed by atoms with Crippen molar-refractivity contribution in [3.63, 3.8) is 0 Å². The van der Waals surface area contributed by atoms with E-state index in [1.165, 1.54) is 5.57 Å². The van der Waals surface area contributed by atoms with E-state index < -0.39 is 11.9 Å². The summed E-state index contributed by atoms with van der Waals surface area (Å²) in [7, 11) is 0. The minimum atomic E-state index is -0.408. The molecular formula is C14H18O3. The minimum Gasteiger partial charge on any atom is -0.393 e. The van der Waals surface area contributed by atoms with Crippen molar-refractivity contribution in [1.82, 2.24) is 0 Å². The van der Waals surface area contributed by atoms with Gasteiger partial charge >= 0.3 is 11.9 Å². The summed E-state index contributed by atoms with van der Waals surface area (Å²) >= 11 is 0. The Labute approximate surface area is 102 Å². The van der Waals surface area contributed by atoms with Gasteiger partial charge < -0.3 is 4.74 Å². The molecule has 17 heavy (non-hydrogen) atoms. The van der Waals surface area contributed by atoms with Crippen LogP contribution in [0.3, 0.4) is 0 Å². The second-order valence-corrected chi connectivity index (χ2v) is 4.12. The number of carbonyl (C=O) groups is 2. The van der Waals surface area contributed by atoms with Crippen LogP contribution < -0.4 is 0 Å². The summed E-state index contributed by atoms with van der Waals surface area (Å²) in [6.45, 7) is 4.13. The molecule has 1 saturated heterocycles. The second kappa shape index (κ2) is 6.87. The number of allylic oxidation sites excluding steroid dienone is 3. The van der Waals surface area contributed by atoms with Crippen molar-refractivity contribution in [2.24, 2.45) is 5.92 Å². The number of rotatable bonds is 5. The highest BCUT2D eigenvalue weighted by molar-refractivity contribution is 5.94. The van der Waals surface area contributed by atoms with E-state index >= 15 is 0 Å². The predicted octanol–water partition coefficient (Wildman–Crippen LogP) is 2.92. The largest absolute Gasteiger partial charge is 0.393 e. The Hall–Kier alpha value is -1.60. The van der Waals surface area contributed by atoms with Gasteiger partial charge in [0, 0.05) is 0 Å². The molecule has 0 saturated carbocycles. The molecule has 0 aromatic heterocycles. The normalized spacial score (nSPS) is 19.3. The van der Waals surface area contributed by atoms with Crippen LogP contribution in [0.4, 0.5) is 0 Å². The van der Waals surface area contributed by atoms with Crippen LogP contribution in [0.5, 0.6) is 0 Å². The van der Waals surface area contributed by atoms with Crippen LogP contribution in [-0.2, 0) is 14.3 Å². The molecule has 1 aliphatic rings. The summed E-state index contributed by atoms with van der Waals surface area (Å²) in [6.07, 6.45) is 8.47. The fraction of sp³-hybridized carbons (Fsp3) is 0.500. The molecule has 0 amide bonds. The summed E-state index contributed by atoms with van der Waals surface area (Å²) in [4.78, 5) is 22.0. The number of cyclic esters (lactones) is 2. The summed E-state index contributed by atoms with van der Waals surface area (Å²) in [5.41, 5.74) is 4.40. The maximum atomic E-state index is 11.1. The zero-order valence-corrected chi connectivity index (χ0v) is 10.4. The molecule has 0 aromatic rings. The van der Waals surface area contributed by atoms with Crippen molar-refractivity contribution in [1.29, 1.82) is 0 Å². The van der Waals surface area contributed by atoms with Gasteiger partial charge in [-0.05, 0) is 37.8 Å². The lowest BCUT2D eigenvalue weighted by atomic mass is 10.0. The third kappa shape index (κ3) is 4.83. The van der Waals surface area contributed by atoms with Crippen LogP contribution in [0, 0.1) is 5.92 Å². The molecule has 1 rings (SSSR count). The number of hydrogen-bond donors (Lipinski definition) is 0. The van der Waals surface area contributed by atoms with Crippen LogP contribution in [0.15, 0.2) is 29.5 Å². The summed E-state index contributed by atoms with van der Waals surface area (Å²) in [5.74, 6) is -1.08. The molecule has 1 unspecified atom stereocenters. The lowest BCUT2D eigenvalue weighted by molar-refractivity contribution is -0.153. The fourth-order valence-electron chi connectivity index (χ4n) is 1.46. The summed E-state index contributed by atoms with van der Waals surface area (Å²) in [5, 5.41) is 0. The van der Waals surface area contributed by atoms with Crippen molar-refractivity contribution in [3.05, 3.63) is 29.5 Å². The number of ether oxygens (including phenoxy) is 1. The first kappa shape index (κ1) is 13.5. The van der Waals surface area contributed by atoms with E-state index in [0.29, 0.717) is 6.42 Å². The topological polar surface area (TPSA) is 43.4 Å². The van der Waals surface area contributed by atoms with Gasteiger partial charge in [-0.3, -0.25) is 9.59 Å². The quantitative estimate of drug-likeness (QED) is 0.318. The van der Waals surface area contributed by atoms with Crippen LogP contribution >= 0.6 is 0 Å². The lowest BCUT2D eigenvalue weighted by Gasteiger charge is -1.96. The Balaban J connectivity index is 2.29. The smallest absolute Gasteiger partial charge is 0.317 e. The van der Waals surface area contributed by atoms with Gasteiger partial charge in [0.15, 0.2) is 0 Å². The third-order valence-corrected chi connectivity index (χ3v) is 2.68. The molecule has 0 spiro atoms. The van der Waals surface area contributed by atoms with E-state index in [0.717, 1.165) is 12.8 Å². The standard InChI is InChI=1S/C14H18O3/c1-3-11(2)8-6-4-5-7-9-12-10-13(15)17-14(12)16/h5-7,12H,3-4,9-10H2,1-2H3/b7-5+. The van der Waals surface area contributed by atoms with Crippen LogP contribution in [-0.4, -0.2) is 11.9 Å². The van der Waals surface area contributed by atoms with E-state index in [4.69, 9.17) is 0 Å². The third-order valence-electron chi connectivity index (χ3n) is 2.68. The maximum absolute atomic E-state index is 11.1. The molecule has 92 valence electrons. The highest BCUT2D eigenvalue weighted by atomic mass is 16.6. The first-order valence-corrected chi connectivity index (χ1v) is 5.93.